The first-order valence-electron chi connectivity index (χ1n) is 5.58. The molecule has 0 saturated heterocycles. The Balaban J connectivity index is 2.52. The fourth-order valence-electron chi connectivity index (χ4n) is 1.44. The van der Waals surface area contributed by atoms with Crippen LogP contribution >= 0.6 is 0 Å². The zero-order valence-corrected chi connectivity index (χ0v) is 10.4. The first-order chi connectivity index (χ1) is 7.43. The van der Waals surface area contributed by atoms with Crippen LogP contribution in [0, 0.1) is 12.8 Å². The maximum absolute atomic E-state index is 11.6. The number of nitrogens with one attached hydrogen (secondary N) is 1. The van der Waals surface area contributed by atoms with E-state index in [4.69, 9.17) is 5.73 Å². The summed E-state index contributed by atoms with van der Waals surface area (Å²) in [6.07, 6.45) is 0. The molecule has 4 heteroatoms. The maximum Gasteiger partial charge on any atom is 0.237 e. The highest BCUT2D eigenvalue weighted by atomic mass is 16.2. The Bertz CT molecular complexity index is 368. The zero-order valence-electron chi connectivity index (χ0n) is 10.4. The number of aromatic nitrogens is 1. The monoisotopic (exact) mass is 223 g/mol. The Labute approximate surface area is 96.8 Å². The number of carbonyl (C=O) groups is 1. The van der Waals surface area contributed by atoms with Crippen LogP contribution in [0.25, 0.3) is 0 Å². The van der Waals surface area contributed by atoms with Crippen molar-refractivity contribution in [2.24, 2.45) is 18.7 Å². The van der Waals surface area contributed by atoms with Crippen LogP contribution in [0.2, 0.25) is 0 Å². The molecule has 90 valence electrons. The highest BCUT2D eigenvalue weighted by Crippen LogP contribution is 2.05. The summed E-state index contributed by atoms with van der Waals surface area (Å²) in [5.41, 5.74) is 8.01. The number of hydrogen-bond donors (Lipinski definition) is 2. The highest BCUT2D eigenvalue weighted by molar-refractivity contribution is 5.81. The maximum atomic E-state index is 11.6. The highest BCUT2D eigenvalue weighted by Gasteiger charge is 2.16. The number of hydrogen-bond acceptors (Lipinski definition) is 2. The van der Waals surface area contributed by atoms with Gasteiger partial charge in [-0.1, -0.05) is 13.8 Å². The van der Waals surface area contributed by atoms with Gasteiger partial charge in [-0.25, -0.2) is 0 Å². The van der Waals surface area contributed by atoms with Gasteiger partial charge >= 0.3 is 0 Å². The Morgan fingerprint density at radius 2 is 2.12 bits per heavy atom. The van der Waals surface area contributed by atoms with Gasteiger partial charge in [0.25, 0.3) is 0 Å². The number of aryl methyl sites for hydroxylation is 1. The van der Waals surface area contributed by atoms with Crippen molar-refractivity contribution in [3.8, 4) is 0 Å². The predicted octanol–water partition coefficient (Wildman–Crippen LogP) is 0.933. The van der Waals surface area contributed by atoms with Crippen LogP contribution in [-0.4, -0.2) is 16.5 Å². The molecule has 4 nitrogen and oxygen atoms in total. The van der Waals surface area contributed by atoms with E-state index in [0.717, 1.165) is 5.69 Å². The molecule has 0 unspecified atom stereocenters. The zero-order chi connectivity index (χ0) is 12.3. The van der Waals surface area contributed by atoms with E-state index in [1.807, 2.05) is 40.0 Å². The van der Waals surface area contributed by atoms with Gasteiger partial charge in [-0.2, -0.15) is 0 Å². The number of carbonyl (C=O) groups excluding carboxylic acids is 1. The van der Waals surface area contributed by atoms with Crippen LogP contribution < -0.4 is 11.1 Å². The van der Waals surface area contributed by atoms with Crippen LogP contribution in [0.3, 0.4) is 0 Å². The third-order valence-electron chi connectivity index (χ3n) is 2.94. The van der Waals surface area contributed by atoms with Crippen molar-refractivity contribution in [1.29, 1.82) is 0 Å². The van der Waals surface area contributed by atoms with E-state index in [2.05, 4.69) is 9.88 Å². The van der Waals surface area contributed by atoms with Crippen molar-refractivity contribution >= 4 is 5.91 Å². The molecule has 1 rings (SSSR count). The van der Waals surface area contributed by atoms with E-state index in [0.29, 0.717) is 6.54 Å². The van der Waals surface area contributed by atoms with E-state index in [1.165, 1.54) is 5.69 Å². The van der Waals surface area contributed by atoms with Gasteiger partial charge in [-0.3, -0.25) is 4.79 Å². The Hall–Kier alpha value is -1.29. The summed E-state index contributed by atoms with van der Waals surface area (Å²) >= 11 is 0. The minimum absolute atomic E-state index is 0.0890. The van der Waals surface area contributed by atoms with Gasteiger partial charge in [0.05, 0.1) is 12.6 Å². The fraction of sp³-hybridized carbons (Fsp3) is 0.583. The summed E-state index contributed by atoms with van der Waals surface area (Å²) in [6, 6.07) is 3.61. The molecule has 0 aliphatic rings. The molecule has 0 radical (unpaired) electrons. The van der Waals surface area contributed by atoms with Gasteiger partial charge in [0.15, 0.2) is 0 Å². The average Bonchev–Trinajstić information content (AvgIpc) is 2.55. The third-order valence-corrected chi connectivity index (χ3v) is 2.94. The van der Waals surface area contributed by atoms with E-state index in [-0.39, 0.29) is 11.8 Å². The van der Waals surface area contributed by atoms with Gasteiger partial charge in [-0.15, -0.1) is 0 Å². The smallest absolute Gasteiger partial charge is 0.237 e. The molecule has 0 aliphatic carbocycles. The number of rotatable bonds is 4. The molecule has 1 aromatic rings. The van der Waals surface area contributed by atoms with Crippen LogP contribution in [0.15, 0.2) is 12.1 Å². The van der Waals surface area contributed by atoms with Gasteiger partial charge < -0.3 is 15.6 Å². The molecule has 0 aliphatic heterocycles. The fourth-order valence-corrected chi connectivity index (χ4v) is 1.44. The first kappa shape index (κ1) is 12.8. The van der Waals surface area contributed by atoms with Crippen molar-refractivity contribution < 1.29 is 4.79 Å². The average molecular weight is 223 g/mol. The largest absolute Gasteiger partial charge is 0.350 e. The molecule has 1 heterocycles. The van der Waals surface area contributed by atoms with Crippen molar-refractivity contribution in [3.63, 3.8) is 0 Å². The molecule has 1 atom stereocenters. The Kier molecular flexibility index (Phi) is 4.12. The predicted molar refractivity (Wildman–Crippen MR) is 64.8 cm³/mol. The topological polar surface area (TPSA) is 60.1 Å². The molecule has 0 aromatic carbocycles. The summed E-state index contributed by atoms with van der Waals surface area (Å²) in [7, 11) is 1.99. The van der Waals surface area contributed by atoms with E-state index < -0.39 is 6.04 Å². The summed E-state index contributed by atoms with van der Waals surface area (Å²) in [5.74, 6) is 0.0731. The van der Waals surface area contributed by atoms with E-state index in [9.17, 15) is 4.79 Å². The molecule has 3 N–H and O–H groups in total. The summed E-state index contributed by atoms with van der Waals surface area (Å²) < 4.78 is 2.06. The van der Waals surface area contributed by atoms with E-state index >= 15 is 0 Å². The molecule has 0 fully saturated rings. The van der Waals surface area contributed by atoms with Gasteiger partial charge in [0, 0.05) is 18.4 Å². The number of nitrogens with zero attached hydrogens (tertiary/aromatic N) is 1. The number of nitrogens with two attached hydrogens (primary N) is 1. The Morgan fingerprint density at radius 3 is 2.56 bits per heavy atom. The lowest BCUT2D eigenvalue weighted by atomic mass is 10.1. The van der Waals surface area contributed by atoms with Crippen molar-refractivity contribution in [2.75, 3.05) is 0 Å². The van der Waals surface area contributed by atoms with Gasteiger partial charge in [0.1, 0.15) is 0 Å². The summed E-state index contributed by atoms with van der Waals surface area (Å²) in [4.78, 5) is 11.6. The molecule has 0 spiro atoms. The lowest BCUT2D eigenvalue weighted by Crippen LogP contribution is -2.43. The third kappa shape index (κ3) is 2.85. The molecule has 0 saturated carbocycles. The first-order valence-corrected chi connectivity index (χ1v) is 5.58. The quantitative estimate of drug-likeness (QED) is 0.798. The second kappa shape index (κ2) is 5.16. The van der Waals surface area contributed by atoms with E-state index in [1.54, 1.807) is 0 Å². The summed E-state index contributed by atoms with van der Waals surface area (Å²) in [6.45, 7) is 6.45. The van der Waals surface area contributed by atoms with Crippen LogP contribution in [0.1, 0.15) is 25.2 Å². The minimum atomic E-state index is -0.429. The molecular formula is C12H21N3O. The second-order valence-corrected chi connectivity index (χ2v) is 4.51. The van der Waals surface area contributed by atoms with Crippen molar-refractivity contribution in [3.05, 3.63) is 23.5 Å². The van der Waals surface area contributed by atoms with Crippen molar-refractivity contribution in [2.45, 2.75) is 33.4 Å². The van der Waals surface area contributed by atoms with Crippen LogP contribution in [0.4, 0.5) is 0 Å². The molecular weight excluding hydrogens is 202 g/mol. The second-order valence-electron chi connectivity index (χ2n) is 4.51. The van der Waals surface area contributed by atoms with Gasteiger partial charge in [-0.05, 0) is 25.0 Å². The van der Waals surface area contributed by atoms with Crippen LogP contribution in [0.5, 0.6) is 0 Å². The molecule has 1 amide bonds. The lowest BCUT2D eigenvalue weighted by Gasteiger charge is -2.15. The normalized spacial score (nSPS) is 12.9. The summed E-state index contributed by atoms with van der Waals surface area (Å²) in [5, 5.41) is 2.85. The minimum Gasteiger partial charge on any atom is -0.350 e. The SMILES string of the molecule is Cc1ccc(CNC(=O)[C@H](N)C(C)C)n1C. The molecule has 0 bridgehead atoms. The molecule has 16 heavy (non-hydrogen) atoms. The number of amides is 1. The van der Waals surface area contributed by atoms with Crippen molar-refractivity contribution in [1.82, 2.24) is 9.88 Å². The van der Waals surface area contributed by atoms with Crippen LogP contribution in [-0.2, 0) is 18.4 Å². The van der Waals surface area contributed by atoms with Gasteiger partial charge in [0.2, 0.25) is 5.91 Å². The standard InChI is InChI=1S/C12H21N3O/c1-8(2)11(13)12(16)14-7-10-6-5-9(3)15(10)4/h5-6,8,11H,7,13H2,1-4H3,(H,14,16)/t11-/m1/s1. The molecule has 1 aromatic heterocycles. The Morgan fingerprint density at radius 1 is 1.50 bits per heavy atom. The lowest BCUT2D eigenvalue weighted by molar-refractivity contribution is -0.123.